The summed E-state index contributed by atoms with van der Waals surface area (Å²) in [5.41, 5.74) is 3.05. The lowest BCUT2D eigenvalue weighted by Crippen LogP contribution is -2.24. The van der Waals surface area contributed by atoms with Crippen molar-refractivity contribution in [2.45, 2.75) is 13.0 Å². The highest BCUT2D eigenvalue weighted by Crippen LogP contribution is 2.30. The second-order valence-electron chi connectivity index (χ2n) is 5.79. The second kappa shape index (κ2) is 6.28. The number of hydrogen-bond acceptors (Lipinski definition) is 3. The highest BCUT2D eigenvalue weighted by Gasteiger charge is 2.12. The van der Waals surface area contributed by atoms with Gasteiger partial charge in [0.2, 0.25) is 5.91 Å². The molecule has 0 radical (unpaired) electrons. The molecule has 0 fully saturated rings. The van der Waals surface area contributed by atoms with E-state index in [2.05, 4.69) is 10.3 Å². The Balaban J connectivity index is 1.40. The highest BCUT2D eigenvalue weighted by atomic mass is 16.6. The largest absolute Gasteiger partial charge is 0.486 e. The predicted molar refractivity (Wildman–Crippen MR) is 91.3 cm³/mol. The van der Waals surface area contributed by atoms with Gasteiger partial charge in [-0.1, -0.05) is 24.3 Å². The van der Waals surface area contributed by atoms with Gasteiger partial charge in [0.15, 0.2) is 11.5 Å². The summed E-state index contributed by atoms with van der Waals surface area (Å²) in [6, 6.07) is 13.7. The maximum atomic E-state index is 12.2. The van der Waals surface area contributed by atoms with Gasteiger partial charge in [-0.25, -0.2) is 0 Å². The topological polar surface area (TPSA) is 63.4 Å². The van der Waals surface area contributed by atoms with Crippen molar-refractivity contribution < 1.29 is 14.3 Å². The minimum absolute atomic E-state index is 0.00496. The Labute approximate surface area is 139 Å². The van der Waals surface area contributed by atoms with E-state index in [9.17, 15) is 4.79 Å². The van der Waals surface area contributed by atoms with E-state index in [1.807, 2.05) is 48.7 Å². The second-order valence-corrected chi connectivity index (χ2v) is 5.79. The van der Waals surface area contributed by atoms with Crippen molar-refractivity contribution in [2.24, 2.45) is 0 Å². The molecule has 1 aliphatic rings. The standard InChI is InChI=1S/C19H18N2O3/c22-19(10-14-12-20-16-4-2-1-3-15(14)16)21-11-13-5-6-17-18(9-13)24-8-7-23-17/h1-6,9,12,20H,7-8,10-11H2,(H,21,22). The predicted octanol–water partition coefficient (Wildman–Crippen LogP) is 2.80. The number of aromatic nitrogens is 1. The van der Waals surface area contributed by atoms with Crippen molar-refractivity contribution in [3.8, 4) is 11.5 Å². The Hall–Kier alpha value is -2.95. The molecule has 122 valence electrons. The van der Waals surface area contributed by atoms with Gasteiger partial charge in [-0.2, -0.15) is 0 Å². The first-order valence-corrected chi connectivity index (χ1v) is 8.00. The van der Waals surface area contributed by atoms with Crippen LogP contribution < -0.4 is 14.8 Å². The summed E-state index contributed by atoms with van der Waals surface area (Å²) in [6.45, 7) is 1.61. The third-order valence-electron chi connectivity index (χ3n) is 4.12. The van der Waals surface area contributed by atoms with Crippen LogP contribution in [0.5, 0.6) is 11.5 Å². The highest BCUT2D eigenvalue weighted by molar-refractivity contribution is 5.88. The lowest BCUT2D eigenvalue weighted by atomic mass is 10.1. The number of fused-ring (bicyclic) bond motifs is 2. The third kappa shape index (κ3) is 2.93. The van der Waals surface area contributed by atoms with E-state index in [0.29, 0.717) is 26.2 Å². The van der Waals surface area contributed by atoms with Crippen molar-refractivity contribution in [3.05, 3.63) is 59.8 Å². The van der Waals surface area contributed by atoms with Gasteiger partial charge in [0.25, 0.3) is 0 Å². The number of benzene rings is 2. The molecule has 2 heterocycles. The molecule has 2 N–H and O–H groups in total. The summed E-state index contributed by atoms with van der Waals surface area (Å²) in [7, 11) is 0. The van der Waals surface area contributed by atoms with Crippen molar-refractivity contribution >= 4 is 16.8 Å². The number of amides is 1. The van der Waals surface area contributed by atoms with Crippen LogP contribution in [0.1, 0.15) is 11.1 Å². The Morgan fingerprint density at radius 2 is 1.92 bits per heavy atom. The lowest BCUT2D eigenvalue weighted by Gasteiger charge is -2.19. The number of nitrogens with one attached hydrogen (secondary N) is 2. The van der Waals surface area contributed by atoms with Crippen molar-refractivity contribution in [1.82, 2.24) is 10.3 Å². The minimum Gasteiger partial charge on any atom is -0.486 e. The molecule has 1 aliphatic heterocycles. The zero-order valence-corrected chi connectivity index (χ0v) is 13.2. The molecular weight excluding hydrogens is 304 g/mol. The Bertz CT molecular complexity index is 885. The molecule has 4 rings (SSSR count). The number of para-hydroxylation sites is 1. The molecular formula is C19H18N2O3. The number of hydrogen-bond donors (Lipinski definition) is 2. The van der Waals surface area contributed by atoms with E-state index in [-0.39, 0.29) is 5.91 Å². The molecule has 0 spiro atoms. The van der Waals surface area contributed by atoms with E-state index < -0.39 is 0 Å². The average Bonchev–Trinajstić information content (AvgIpc) is 3.03. The van der Waals surface area contributed by atoms with Gasteiger partial charge in [-0.15, -0.1) is 0 Å². The fourth-order valence-electron chi connectivity index (χ4n) is 2.91. The first kappa shape index (κ1) is 14.6. The van der Waals surface area contributed by atoms with Crippen LogP contribution in [0.3, 0.4) is 0 Å². The zero-order valence-electron chi connectivity index (χ0n) is 13.2. The summed E-state index contributed by atoms with van der Waals surface area (Å²) < 4.78 is 11.1. The van der Waals surface area contributed by atoms with Gasteiger partial charge < -0.3 is 19.8 Å². The molecule has 0 atom stereocenters. The molecule has 0 saturated heterocycles. The van der Waals surface area contributed by atoms with Gasteiger partial charge in [0, 0.05) is 23.6 Å². The van der Waals surface area contributed by atoms with Crippen LogP contribution in [0.15, 0.2) is 48.7 Å². The van der Waals surface area contributed by atoms with Crippen LogP contribution in [-0.4, -0.2) is 24.1 Å². The smallest absolute Gasteiger partial charge is 0.224 e. The molecule has 5 nitrogen and oxygen atoms in total. The number of carbonyl (C=O) groups excluding carboxylic acids is 1. The number of carbonyl (C=O) groups is 1. The van der Waals surface area contributed by atoms with Crippen LogP contribution in [0, 0.1) is 0 Å². The van der Waals surface area contributed by atoms with E-state index in [0.717, 1.165) is 33.5 Å². The summed E-state index contributed by atoms with van der Waals surface area (Å²) in [6.07, 6.45) is 2.25. The van der Waals surface area contributed by atoms with E-state index in [1.165, 1.54) is 0 Å². The fourth-order valence-corrected chi connectivity index (χ4v) is 2.91. The van der Waals surface area contributed by atoms with E-state index in [4.69, 9.17) is 9.47 Å². The molecule has 1 aromatic heterocycles. The number of rotatable bonds is 4. The molecule has 0 bridgehead atoms. The van der Waals surface area contributed by atoms with Crippen LogP contribution in [0.25, 0.3) is 10.9 Å². The van der Waals surface area contributed by atoms with Gasteiger partial charge in [-0.05, 0) is 29.3 Å². The van der Waals surface area contributed by atoms with Gasteiger partial charge in [-0.3, -0.25) is 4.79 Å². The zero-order chi connectivity index (χ0) is 16.4. The van der Waals surface area contributed by atoms with Gasteiger partial charge in [0.05, 0.1) is 6.42 Å². The molecule has 5 heteroatoms. The van der Waals surface area contributed by atoms with Crippen LogP contribution >= 0.6 is 0 Å². The molecule has 3 aromatic rings. The molecule has 2 aromatic carbocycles. The van der Waals surface area contributed by atoms with Crippen LogP contribution in [0.2, 0.25) is 0 Å². The molecule has 0 saturated carbocycles. The summed E-state index contributed by atoms with van der Waals surface area (Å²) in [4.78, 5) is 15.4. The summed E-state index contributed by atoms with van der Waals surface area (Å²) >= 11 is 0. The van der Waals surface area contributed by atoms with Crippen LogP contribution in [0.4, 0.5) is 0 Å². The lowest BCUT2D eigenvalue weighted by molar-refractivity contribution is -0.120. The quantitative estimate of drug-likeness (QED) is 0.776. The Kier molecular flexibility index (Phi) is 3.83. The third-order valence-corrected chi connectivity index (χ3v) is 4.12. The number of H-pyrrole nitrogens is 1. The average molecular weight is 322 g/mol. The monoisotopic (exact) mass is 322 g/mol. The van der Waals surface area contributed by atoms with E-state index >= 15 is 0 Å². The van der Waals surface area contributed by atoms with E-state index in [1.54, 1.807) is 0 Å². The first-order chi connectivity index (χ1) is 11.8. The molecule has 0 unspecified atom stereocenters. The maximum absolute atomic E-state index is 12.2. The Morgan fingerprint density at radius 1 is 1.08 bits per heavy atom. The fraction of sp³-hybridized carbons (Fsp3) is 0.211. The molecule has 24 heavy (non-hydrogen) atoms. The SMILES string of the molecule is O=C(Cc1c[nH]c2ccccc12)NCc1ccc2c(c1)OCCO2. The van der Waals surface area contributed by atoms with Crippen molar-refractivity contribution in [2.75, 3.05) is 13.2 Å². The van der Waals surface area contributed by atoms with Crippen LogP contribution in [-0.2, 0) is 17.8 Å². The summed E-state index contributed by atoms with van der Waals surface area (Å²) in [5, 5.41) is 4.05. The summed E-state index contributed by atoms with van der Waals surface area (Å²) in [5.74, 6) is 1.49. The number of ether oxygens (including phenoxy) is 2. The van der Waals surface area contributed by atoms with Gasteiger partial charge in [0.1, 0.15) is 13.2 Å². The molecule has 0 aliphatic carbocycles. The normalized spacial score (nSPS) is 13.0. The Morgan fingerprint density at radius 3 is 2.83 bits per heavy atom. The van der Waals surface area contributed by atoms with Crippen molar-refractivity contribution in [3.63, 3.8) is 0 Å². The number of aromatic amines is 1. The first-order valence-electron chi connectivity index (χ1n) is 8.00. The van der Waals surface area contributed by atoms with Crippen molar-refractivity contribution in [1.29, 1.82) is 0 Å². The minimum atomic E-state index is -0.00496. The molecule has 1 amide bonds. The maximum Gasteiger partial charge on any atom is 0.224 e. The van der Waals surface area contributed by atoms with Gasteiger partial charge >= 0.3 is 0 Å².